The van der Waals surface area contributed by atoms with Crippen LogP contribution < -0.4 is 10.1 Å². The predicted octanol–water partition coefficient (Wildman–Crippen LogP) is 1.38. The van der Waals surface area contributed by atoms with E-state index in [1.165, 1.54) is 6.26 Å². The molecule has 0 spiro atoms. The van der Waals surface area contributed by atoms with Gasteiger partial charge in [-0.1, -0.05) is 5.10 Å². The fourth-order valence-corrected chi connectivity index (χ4v) is 4.12. The van der Waals surface area contributed by atoms with Gasteiger partial charge in [0.25, 0.3) is 5.91 Å². The molecule has 2 saturated heterocycles. The van der Waals surface area contributed by atoms with Crippen molar-refractivity contribution in [1.29, 1.82) is 0 Å². The molecule has 6 rings (SSSR count). The fraction of sp³-hybridized carbons (Fsp3) is 0.286. The van der Waals surface area contributed by atoms with Crippen molar-refractivity contribution in [2.45, 2.75) is 24.3 Å². The van der Waals surface area contributed by atoms with E-state index in [9.17, 15) is 4.79 Å². The Morgan fingerprint density at radius 2 is 2.00 bits per heavy atom. The van der Waals surface area contributed by atoms with Gasteiger partial charge >= 0.3 is 6.01 Å². The van der Waals surface area contributed by atoms with E-state index < -0.39 is 0 Å². The lowest BCUT2D eigenvalue weighted by Gasteiger charge is -2.17. The van der Waals surface area contributed by atoms with E-state index in [1.54, 1.807) is 29.3 Å². The van der Waals surface area contributed by atoms with Crippen LogP contribution in [-0.4, -0.2) is 67.1 Å². The molecule has 3 aromatic heterocycles. The molecule has 0 bridgehead atoms. The molecule has 4 unspecified atom stereocenters. The van der Waals surface area contributed by atoms with Gasteiger partial charge in [0.1, 0.15) is 24.0 Å². The summed E-state index contributed by atoms with van der Waals surface area (Å²) in [6, 6.07) is 10.4. The van der Waals surface area contributed by atoms with Gasteiger partial charge in [-0.25, -0.2) is 4.98 Å². The molecule has 2 fully saturated rings. The van der Waals surface area contributed by atoms with Crippen molar-refractivity contribution in [1.82, 2.24) is 35.1 Å². The monoisotopic (exact) mass is 449 g/mol. The van der Waals surface area contributed by atoms with Crippen LogP contribution in [0.1, 0.15) is 16.6 Å². The third-order valence-electron chi connectivity index (χ3n) is 5.71. The quantitative estimate of drug-likeness (QED) is 0.464. The highest BCUT2D eigenvalue weighted by Crippen LogP contribution is 2.36. The zero-order valence-corrected chi connectivity index (χ0v) is 17.2. The second kappa shape index (κ2) is 8.15. The van der Waals surface area contributed by atoms with Gasteiger partial charge in [0.2, 0.25) is 0 Å². The van der Waals surface area contributed by atoms with Gasteiger partial charge in [-0.3, -0.25) is 4.79 Å². The van der Waals surface area contributed by atoms with E-state index in [0.29, 0.717) is 19.0 Å². The summed E-state index contributed by atoms with van der Waals surface area (Å²) in [5, 5.41) is 14.8. The number of benzene rings is 1. The molecule has 5 heterocycles. The Hall–Kier alpha value is -4.03. The number of amides is 1. The number of furan rings is 1. The molecule has 2 aliphatic heterocycles. The fourth-order valence-electron chi connectivity index (χ4n) is 4.12. The topological polar surface area (TPSA) is 131 Å². The minimum Gasteiger partial charge on any atom is -0.459 e. The minimum absolute atomic E-state index is 0.228. The lowest BCUT2D eigenvalue weighted by atomic mass is 10.1. The van der Waals surface area contributed by atoms with E-state index >= 15 is 0 Å². The average molecular weight is 449 g/mol. The highest BCUT2D eigenvalue weighted by molar-refractivity contribution is 5.91. The molecule has 4 atom stereocenters. The Labute approximate surface area is 187 Å². The second-order valence-electron chi connectivity index (χ2n) is 7.69. The zero-order valence-electron chi connectivity index (χ0n) is 17.2. The Bertz CT molecular complexity index is 1220. The van der Waals surface area contributed by atoms with Gasteiger partial charge < -0.3 is 28.5 Å². The molecule has 12 heteroatoms. The largest absolute Gasteiger partial charge is 0.459 e. The lowest BCUT2D eigenvalue weighted by Crippen LogP contribution is -2.44. The Kier molecular flexibility index (Phi) is 4.85. The molecule has 0 radical (unpaired) electrons. The molecule has 0 aliphatic carbocycles. The molecule has 1 amide bonds. The van der Waals surface area contributed by atoms with Crippen molar-refractivity contribution >= 4 is 5.91 Å². The molecule has 12 nitrogen and oxygen atoms in total. The third kappa shape index (κ3) is 3.64. The number of hydrogen-bond acceptors (Lipinski definition) is 9. The van der Waals surface area contributed by atoms with Crippen LogP contribution in [0.3, 0.4) is 0 Å². The molecule has 4 aromatic rings. The Balaban J connectivity index is 1.14. The van der Waals surface area contributed by atoms with Crippen LogP contribution in [0, 0.1) is 0 Å². The number of hydrogen-bond donors (Lipinski definition) is 1. The van der Waals surface area contributed by atoms with Crippen LogP contribution in [0.25, 0.3) is 5.69 Å². The van der Waals surface area contributed by atoms with E-state index in [0.717, 1.165) is 5.69 Å². The van der Waals surface area contributed by atoms with Crippen molar-refractivity contribution in [3.63, 3.8) is 0 Å². The maximum atomic E-state index is 12.3. The van der Waals surface area contributed by atoms with Crippen LogP contribution >= 0.6 is 0 Å². The summed E-state index contributed by atoms with van der Waals surface area (Å²) < 4.78 is 26.4. The molecule has 33 heavy (non-hydrogen) atoms. The molecule has 0 saturated carbocycles. The Morgan fingerprint density at radius 3 is 2.79 bits per heavy atom. The first-order valence-electron chi connectivity index (χ1n) is 10.4. The maximum Gasteiger partial charge on any atom is 0.341 e. The van der Waals surface area contributed by atoms with E-state index in [1.807, 2.05) is 35.0 Å². The van der Waals surface area contributed by atoms with Gasteiger partial charge in [0.15, 0.2) is 5.76 Å². The van der Waals surface area contributed by atoms with Crippen molar-refractivity contribution in [2.75, 3.05) is 13.2 Å². The number of aromatic nitrogens is 6. The summed E-state index contributed by atoms with van der Waals surface area (Å²) in [5.41, 5.74) is 0.952. The summed E-state index contributed by atoms with van der Waals surface area (Å²) in [5.74, 6) is 0.511. The summed E-state index contributed by atoms with van der Waals surface area (Å²) in [7, 11) is 0. The number of fused-ring (bicyclic) bond motifs is 1. The van der Waals surface area contributed by atoms with Crippen molar-refractivity contribution < 1.29 is 23.4 Å². The highest BCUT2D eigenvalue weighted by atomic mass is 16.6. The highest BCUT2D eigenvalue weighted by Gasteiger charge is 2.50. The minimum atomic E-state index is -0.333. The van der Waals surface area contributed by atoms with Crippen molar-refractivity contribution in [3.8, 4) is 17.4 Å². The van der Waals surface area contributed by atoms with Crippen LogP contribution in [0.4, 0.5) is 0 Å². The van der Waals surface area contributed by atoms with E-state index in [4.69, 9.17) is 18.6 Å². The number of carbonyl (C=O) groups excluding carboxylic acids is 1. The summed E-state index contributed by atoms with van der Waals surface area (Å²) in [4.78, 5) is 16.4. The van der Waals surface area contributed by atoms with Gasteiger partial charge in [-0.05, 0) is 46.8 Å². The third-order valence-corrected chi connectivity index (χ3v) is 5.71. The number of tetrazole rings is 1. The summed E-state index contributed by atoms with van der Waals surface area (Å²) in [6.45, 7) is 0.635. The van der Waals surface area contributed by atoms with Crippen molar-refractivity contribution in [2.24, 2.45) is 0 Å². The van der Waals surface area contributed by atoms with Gasteiger partial charge in [0, 0.05) is 18.1 Å². The number of imidazole rings is 1. The first kappa shape index (κ1) is 19.6. The summed E-state index contributed by atoms with van der Waals surface area (Å²) in [6.07, 6.45) is 6.09. The number of nitrogens with zero attached hydrogens (tertiary/aromatic N) is 6. The predicted molar refractivity (Wildman–Crippen MR) is 110 cm³/mol. The standard InChI is InChI=1S/C21H19N7O5/c29-20(17-2-1-9-30-17)23-15-10-31-19-16(11-32-18(15)19)28-21(24-25-26-28)33-14-5-3-13(4-6-14)27-8-7-22-12-27/h1-9,12,15-16,18-19H,10-11H2,(H,23,29). The van der Waals surface area contributed by atoms with Crippen molar-refractivity contribution in [3.05, 3.63) is 67.1 Å². The van der Waals surface area contributed by atoms with Crippen LogP contribution in [0.15, 0.2) is 65.8 Å². The SMILES string of the molecule is O=C(NC1COC2C1OCC2n1nnnc1Oc1ccc(-n2ccnc2)cc1)c1ccco1. The average Bonchev–Trinajstić information content (AvgIpc) is 3.65. The molecule has 168 valence electrons. The van der Waals surface area contributed by atoms with Gasteiger partial charge in [-0.2, -0.15) is 4.68 Å². The van der Waals surface area contributed by atoms with Crippen LogP contribution in [0.2, 0.25) is 0 Å². The molecule has 2 aliphatic rings. The number of carbonyl (C=O) groups is 1. The normalized spacial score (nSPS) is 24.0. The van der Waals surface area contributed by atoms with Crippen LogP contribution in [-0.2, 0) is 9.47 Å². The second-order valence-corrected chi connectivity index (χ2v) is 7.69. The maximum absolute atomic E-state index is 12.3. The number of ether oxygens (including phenoxy) is 3. The van der Waals surface area contributed by atoms with Gasteiger partial charge in [-0.15, -0.1) is 0 Å². The molecular weight excluding hydrogens is 430 g/mol. The first-order valence-corrected chi connectivity index (χ1v) is 10.4. The smallest absolute Gasteiger partial charge is 0.341 e. The lowest BCUT2D eigenvalue weighted by molar-refractivity contribution is 0.0605. The first-order chi connectivity index (χ1) is 16.3. The summed E-state index contributed by atoms with van der Waals surface area (Å²) >= 11 is 0. The molecule has 1 N–H and O–H groups in total. The Morgan fingerprint density at radius 1 is 1.12 bits per heavy atom. The van der Waals surface area contributed by atoms with E-state index in [2.05, 4.69) is 25.8 Å². The number of nitrogens with one attached hydrogen (secondary N) is 1. The van der Waals surface area contributed by atoms with Gasteiger partial charge in [0.05, 0.1) is 31.8 Å². The molecular formula is C21H19N7O5. The van der Waals surface area contributed by atoms with E-state index in [-0.39, 0.29) is 42.0 Å². The zero-order chi connectivity index (χ0) is 22.2. The molecule has 1 aromatic carbocycles. The number of rotatable bonds is 6. The van der Waals surface area contributed by atoms with Crippen LogP contribution in [0.5, 0.6) is 11.8 Å².